The standard InChI is InChI=1S/C12H13ClFNO3/c1-6(12-17-7(2)18-12)11(16)15-9-5-3-4-8(14)10(9)13/h3-7,12H,1-2H3,(H,15,16). The van der Waals surface area contributed by atoms with Crippen LogP contribution in [-0.2, 0) is 14.3 Å². The molecular formula is C12H13ClFNO3. The van der Waals surface area contributed by atoms with Crippen molar-refractivity contribution in [1.29, 1.82) is 0 Å². The number of hydrogen-bond acceptors (Lipinski definition) is 3. The molecule has 4 nitrogen and oxygen atoms in total. The maximum atomic E-state index is 13.2. The second kappa shape index (κ2) is 5.22. The van der Waals surface area contributed by atoms with Crippen molar-refractivity contribution < 1.29 is 18.7 Å². The van der Waals surface area contributed by atoms with Crippen LogP contribution < -0.4 is 5.32 Å². The normalized spacial score (nSPS) is 24.2. The summed E-state index contributed by atoms with van der Waals surface area (Å²) < 4.78 is 23.6. The van der Waals surface area contributed by atoms with E-state index in [-0.39, 0.29) is 22.9 Å². The van der Waals surface area contributed by atoms with E-state index in [9.17, 15) is 9.18 Å². The van der Waals surface area contributed by atoms with E-state index in [4.69, 9.17) is 21.1 Å². The molecule has 0 saturated carbocycles. The third-order valence-electron chi connectivity index (χ3n) is 2.68. The predicted octanol–water partition coefficient (Wildman–Crippen LogP) is 2.77. The number of carbonyl (C=O) groups is 1. The van der Waals surface area contributed by atoms with Crippen molar-refractivity contribution in [2.24, 2.45) is 5.92 Å². The van der Waals surface area contributed by atoms with Crippen LogP contribution in [0.15, 0.2) is 18.2 Å². The van der Waals surface area contributed by atoms with Gasteiger partial charge in [-0.25, -0.2) is 4.39 Å². The van der Waals surface area contributed by atoms with Crippen molar-refractivity contribution in [3.05, 3.63) is 29.0 Å². The zero-order valence-electron chi connectivity index (χ0n) is 9.94. The van der Waals surface area contributed by atoms with E-state index < -0.39 is 18.0 Å². The highest BCUT2D eigenvalue weighted by Crippen LogP contribution is 2.27. The first-order valence-electron chi connectivity index (χ1n) is 5.55. The van der Waals surface area contributed by atoms with E-state index in [1.807, 2.05) is 0 Å². The molecule has 2 rings (SSSR count). The average molecular weight is 274 g/mol. The van der Waals surface area contributed by atoms with Gasteiger partial charge in [0.25, 0.3) is 0 Å². The molecule has 0 aromatic heterocycles. The zero-order valence-corrected chi connectivity index (χ0v) is 10.7. The Labute approximate surface area is 109 Å². The van der Waals surface area contributed by atoms with E-state index in [1.165, 1.54) is 18.2 Å². The lowest BCUT2D eigenvalue weighted by Gasteiger charge is -2.36. The molecule has 1 saturated heterocycles. The lowest BCUT2D eigenvalue weighted by atomic mass is 10.1. The van der Waals surface area contributed by atoms with Crippen LogP contribution in [0.5, 0.6) is 0 Å². The molecule has 1 aromatic rings. The van der Waals surface area contributed by atoms with Crippen LogP contribution >= 0.6 is 11.6 Å². The van der Waals surface area contributed by atoms with Gasteiger partial charge in [-0.05, 0) is 26.0 Å². The quantitative estimate of drug-likeness (QED) is 0.921. The molecule has 1 N–H and O–H groups in total. The molecular weight excluding hydrogens is 261 g/mol. The Morgan fingerprint density at radius 1 is 1.50 bits per heavy atom. The molecule has 0 bridgehead atoms. The van der Waals surface area contributed by atoms with Gasteiger partial charge in [0, 0.05) is 0 Å². The summed E-state index contributed by atoms with van der Waals surface area (Å²) in [7, 11) is 0. The van der Waals surface area contributed by atoms with Crippen LogP contribution in [0.2, 0.25) is 5.02 Å². The fraction of sp³-hybridized carbons (Fsp3) is 0.417. The van der Waals surface area contributed by atoms with Crippen LogP contribution in [-0.4, -0.2) is 18.5 Å². The lowest BCUT2D eigenvalue weighted by molar-refractivity contribution is -0.385. The fourth-order valence-electron chi connectivity index (χ4n) is 1.59. The third-order valence-corrected chi connectivity index (χ3v) is 3.07. The molecule has 1 aromatic carbocycles. The molecule has 98 valence electrons. The minimum atomic E-state index is -0.577. The molecule has 1 aliphatic heterocycles. The summed E-state index contributed by atoms with van der Waals surface area (Å²) in [6.45, 7) is 3.41. The number of anilines is 1. The van der Waals surface area contributed by atoms with Gasteiger partial charge in [-0.3, -0.25) is 4.79 Å². The number of amides is 1. The van der Waals surface area contributed by atoms with E-state index >= 15 is 0 Å². The summed E-state index contributed by atoms with van der Waals surface area (Å²) in [5, 5.41) is 2.43. The molecule has 0 aliphatic carbocycles. The average Bonchev–Trinajstić information content (AvgIpc) is 2.30. The number of halogens is 2. The number of benzene rings is 1. The Morgan fingerprint density at radius 3 is 2.78 bits per heavy atom. The maximum absolute atomic E-state index is 13.2. The molecule has 6 heteroatoms. The summed E-state index contributed by atoms with van der Waals surface area (Å²) in [5.41, 5.74) is 0.237. The number of carbonyl (C=O) groups excluding carboxylic acids is 1. The van der Waals surface area contributed by atoms with E-state index in [0.717, 1.165) is 0 Å². The number of rotatable bonds is 3. The van der Waals surface area contributed by atoms with Crippen molar-refractivity contribution in [2.45, 2.75) is 26.4 Å². The van der Waals surface area contributed by atoms with Crippen molar-refractivity contribution in [3.8, 4) is 0 Å². The smallest absolute Gasteiger partial charge is 0.232 e. The number of hydrogen-bond donors (Lipinski definition) is 1. The maximum Gasteiger partial charge on any atom is 0.232 e. The second-order valence-corrected chi connectivity index (χ2v) is 4.47. The minimum Gasteiger partial charge on any atom is -0.324 e. The SMILES string of the molecule is CC1OC(C(C)C(=O)Nc2cccc(F)c2Cl)O1. The van der Waals surface area contributed by atoms with Crippen LogP contribution in [0.25, 0.3) is 0 Å². The molecule has 1 fully saturated rings. The minimum absolute atomic E-state index is 0.109. The molecule has 1 aliphatic rings. The first-order valence-corrected chi connectivity index (χ1v) is 5.92. The predicted molar refractivity (Wildman–Crippen MR) is 64.6 cm³/mol. The van der Waals surface area contributed by atoms with Gasteiger partial charge in [-0.2, -0.15) is 0 Å². The van der Waals surface area contributed by atoms with Crippen molar-refractivity contribution in [1.82, 2.24) is 0 Å². The molecule has 1 heterocycles. The first-order chi connectivity index (χ1) is 8.49. The summed E-state index contributed by atoms with van der Waals surface area (Å²) in [4.78, 5) is 11.9. The monoisotopic (exact) mass is 273 g/mol. The lowest BCUT2D eigenvalue weighted by Crippen LogP contribution is -2.46. The van der Waals surface area contributed by atoms with Gasteiger partial charge in [0.2, 0.25) is 5.91 Å². The van der Waals surface area contributed by atoms with Gasteiger partial charge in [0.1, 0.15) is 5.82 Å². The summed E-state index contributed by atoms with van der Waals surface area (Å²) in [6, 6.07) is 4.22. The Bertz CT molecular complexity index is 463. The third kappa shape index (κ3) is 2.63. The molecule has 1 amide bonds. The molecule has 1 unspecified atom stereocenters. The van der Waals surface area contributed by atoms with Gasteiger partial charge < -0.3 is 14.8 Å². The highest BCUT2D eigenvalue weighted by molar-refractivity contribution is 6.33. The molecule has 0 radical (unpaired) electrons. The van der Waals surface area contributed by atoms with Gasteiger partial charge in [0.05, 0.1) is 16.6 Å². The molecule has 1 atom stereocenters. The van der Waals surface area contributed by atoms with E-state index in [0.29, 0.717) is 0 Å². The Balaban J connectivity index is 2.00. The summed E-state index contributed by atoms with van der Waals surface area (Å²) in [6.07, 6.45) is -0.852. The Hall–Kier alpha value is -1.17. The second-order valence-electron chi connectivity index (χ2n) is 4.09. The van der Waals surface area contributed by atoms with Gasteiger partial charge in [0.15, 0.2) is 12.6 Å². The van der Waals surface area contributed by atoms with Crippen molar-refractivity contribution in [3.63, 3.8) is 0 Å². The highest BCUT2D eigenvalue weighted by atomic mass is 35.5. The molecule has 18 heavy (non-hydrogen) atoms. The van der Waals surface area contributed by atoms with Crippen LogP contribution in [0.3, 0.4) is 0 Å². The van der Waals surface area contributed by atoms with Gasteiger partial charge in [-0.15, -0.1) is 0 Å². The number of ether oxygens (including phenoxy) is 2. The van der Waals surface area contributed by atoms with E-state index in [1.54, 1.807) is 13.8 Å². The number of nitrogens with one attached hydrogen (secondary N) is 1. The van der Waals surface area contributed by atoms with Crippen LogP contribution in [0.1, 0.15) is 13.8 Å². The Kier molecular flexibility index (Phi) is 3.85. The fourth-order valence-corrected chi connectivity index (χ4v) is 1.77. The topological polar surface area (TPSA) is 47.6 Å². The van der Waals surface area contributed by atoms with Gasteiger partial charge in [-0.1, -0.05) is 17.7 Å². The largest absolute Gasteiger partial charge is 0.324 e. The zero-order chi connectivity index (χ0) is 13.3. The first kappa shape index (κ1) is 13.3. The van der Waals surface area contributed by atoms with Crippen LogP contribution in [0.4, 0.5) is 10.1 Å². The van der Waals surface area contributed by atoms with Gasteiger partial charge >= 0.3 is 0 Å². The van der Waals surface area contributed by atoms with Crippen molar-refractivity contribution >= 4 is 23.2 Å². The van der Waals surface area contributed by atoms with Crippen LogP contribution in [0, 0.1) is 11.7 Å². The highest BCUT2D eigenvalue weighted by Gasteiger charge is 2.36. The molecule has 0 spiro atoms. The van der Waals surface area contributed by atoms with E-state index in [2.05, 4.69) is 5.32 Å². The van der Waals surface area contributed by atoms with Crippen molar-refractivity contribution in [2.75, 3.05) is 5.32 Å². The summed E-state index contributed by atoms with van der Waals surface area (Å²) >= 11 is 5.74. The summed E-state index contributed by atoms with van der Waals surface area (Å²) in [5.74, 6) is -1.41. The Morgan fingerprint density at radius 2 is 2.17 bits per heavy atom.